The van der Waals surface area contributed by atoms with Crippen LogP contribution in [-0.2, 0) is 0 Å². The highest BCUT2D eigenvalue weighted by Gasteiger charge is 2.17. The third-order valence-corrected chi connectivity index (χ3v) is 5.34. The van der Waals surface area contributed by atoms with Gasteiger partial charge in [0.2, 0.25) is 6.79 Å². The van der Waals surface area contributed by atoms with Gasteiger partial charge in [0.25, 0.3) is 5.91 Å². The third kappa shape index (κ3) is 3.64. The summed E-state index contributed by atoms with van der Waals surface area (Å²) < 4.78 is 10.8. The Morgan fingerprint density at radius 3 is 2.66 bits per heavy atom. The molecule has 0 saturated carbocycles. The summed E-state index contributed by atoms with van der Waals surface area (Å²) in [6, 6.07) is 14.3. The lowest BCUT2D eigenvalue weighted by Crippen LogP contribution is -2.10. The molecule has 0 atom stereocenters. The number of amides is 1. The number of hydrogen-bond donors (Lipinski definition) is 1. The summed E-state index contributed by atoms with van der Waals surface area (Å²) in [4.78, 5) is 29.4. The topological polar surface area (TPSA) is 77.5 Å². The molecule has 3 heterocycles. The van der Waals surface area contributed by atoms with Crippen LogP contribution >= 0.6 is 11.3 Å². The second-order valence-corrected chi connectivity index (χ2v) is 7.12. The molecule has 2 aromatic heterocycles. The van der Waals surface area contributed by atoms with E-state index in [1.807, 2.05) is 38.1 Å². The minimum absolute atomic E-state index is 0.218. The van der Waals surface area contributed by atoms with Crippen molar-refractivity contribution in [2.45, 2.75) is 13.8 Å². The van der Waals surface area contributed by atoms with Crippen molar-refractivity contribution in [3.63, 3.8) is 0 Å². The first-order valence-corrected chi connectivity index (χ1v) is 10.0. The van der Waals surface area contributed by atoms with Gasteiger partial charge in [0, 0.05) is 28.1 Å². The fourth-order valence-electron chi connectivity index (χ4n) is 3.02. The second kappa shape index (κ2) is 7.89. The summed E-state index contributed by atoms with van der Waals surface area (Å²) >= 11 is 1.32. The fraction of sp³-hybridized carbons (Fsp3) is 0.136. The Labute approximate surface area is 171 Å². The van der Waals surface area contributed by atoms with E-state index in [0.717, 1.165) is 27.4 Å². The number of pyridine rings is 1. The van der Waals surface area contributed by atoms with Crippen LogP contribution in [0.15, 0.2) is 48.5 Å². The van der Waals surface area contributed by atoms with Gasteiger partial charge in [-0.3, -0.25) is 9.59 Å². The lowest BCUT2D eigenvalue weighted by Gasteiger charge is -2.03. The third-order valence-electron chi connectivity index (χ3n) is 4.30. The van der Waals surface area contributed by atoms with Crippen LogP contribution in [0.1, 0.15) is 33.9 Å². The number of carbonyl (C=O) groups is 2. The van der Waals surface area contributed by atoms with E-state index in [-0.39, 0.29) is 12.7 Å². The van der Waals surface area contributed by atoms with Crippen molar-refractivity contribution in [3.8, 4) is 11.5 Å². The number of rotatable bonds is 3. The highest BCUT2D eigenvalue weighted by molar-refractivity contribution is 7.20. The summed E-state index contributed by atoms with van der Waals surface area (Å²) in [7, 11) is 0. The molecule has 2 aromatic carbocycles. The van der Waals surface area contributed by atoms with Gasteiger partial charge in [0.1, 0.15) is 11.1 Å². The number of aromatic nitrogens is 1. The number of hydrogen-bond acceptors (Lipinski definition) is 6. The Hall–Kier alpha value is -3.45. The van der Waals surface area contributed by atoms with Crippen LogP contribution in [0.2, 0.25) is 0 Å². The molecule has 6 nitrogen and oxygen atoms in total. The molecule has 0 unspecified atom stereocenters. The zero-order valence-corrected chi connectivity index (χ0v) is 16.7. The molecule has 7 heteroatoms. The summed E-state index contributed by atoms with van der Waals surface area (Å²) in [5.41, 5.74) is 1.87. The average Bonchev–Trinajstić information content (AvgIpc) is 3.38. The Morgan fingerprint density at radius 1 is 1.07 bits per heavy atom. The maximum absolute atomic E-state index is 12.6. The number of nitrogens with zero attached hydrogens (tertiary/aromatic N) is 1. The minimum Gasteiger partial charge on any atom is -0.454 e. The van der Waals surface area contributed by atoms with Gasteiger partial charge < -0.3 is 14.8 Å². The lowest BCUT2D eigenvalue weighted by molar-refractivity contribution is 0.102. The van der Waals surface area contributed by atoms with Crippen molar-refractivity contribution in [2.75, 3.05) is 12.1 Å². The van der Waals surface area contributed by atoms with Gasteiger partial charge >= 0.3 is 0 Å². The van der Waals surface area contributed by atoms with Crippen molar-refractivity contribution >= 4 is 50.3 Å². The van der Waals surface area contributed by atoms with E-state index in [2.05, 4.69) is 10.3 Å². The van der Waals surface area contributed by atoms with E-state index in [1.54, 1.807) is 24.3 Å². The van der Waals surface area contributed by atoms with Crippen molar-refractivity contribution < 1.29 is 19.1 Å². The molecular weight excluding hydrogens is 388 g/mol. The van der Waals surface area contributed by atoms with E-state index >= 15 is 0 Å². The highest BCUT2D eigenvalue weighted by Crippen LogP contribution is 2.37. The summed E-state index contributed by atoms with van der Waals surface area (Å²) in [6.07, 6.45) is 0.745. The van der Waals surface area contributed by atoms with Gasteiger partial charge in [-0.05, 0) is 30.3 Å². The Morgan fingerprint density at radius 2 is 1.86 bits per heavy atom. The monoisotopic (exact) mass is 406 g/mol. The molecule has 1 aliphatic heterocycles. The van der Waals surface area contributed by atoms with Gasteiger partial charge in [-0.25, -0.2) is 4.98 Å². The van der Waals surface area contributed by atoms with Crippen LogP contribution in [0.5, 0.6) is 11.5 Å². The Kier molecular flexibility index (Phi) is 5.14. The number of thiophene rings is 1. The first-order valence-electron chi connectivity index (χ1n) is 9.20. The first kappa shape index (κ1) is 18.9. The minimum atomic E-state index is -0.237. The number of carbonyl (C=O) groups excluding carboxylic acids is 2. The summed E-state index contributed by atoms with van der Waals surface area (Å²) in [5, 5.41) is 4.63. The van der Waals surface area contributed by atoms with Gasteiger partial charge in [0.15, 0.2) is 11.5 Å². The molecule has 0 spiro atoms. The van der Waals surface area contributed by atoms with Crippen LogP contribution in [0.4, 0.5) is 5.69 Å². The zero-order valence-electron chi connectivity index (χ0n) is 15.9. The standard InChI is InChI=1S/C20H12N2O4S.C2H6/c23-9-11-2-1-3-14(4-11)21-19(24)18-7-13-5-12-6-16-17(26-10-25-16)8-15(12)22-20(13)27-18;1-2/h1-9H,10H2,(H,21,24);1-2H3. The molecule has 1 N–H and O–H groups in total. The molecule has 0 fully saturated rings. The Bertz CT molecular complexity index is 1170. The van der Waals surface area contributed by atoms with Crippen molar-refractivity contribution in [1.29, 1.82) is 0 Å². The van der Waals surface area contributed by atoms with Crippen molar-refractivity contribution in [1.82, 2.24) is 4.98 Å². The molecule has 1 aliphatic rings. The summed E-state index contributed by atoms with van der Waals surface area (Å²) in [5.74, 6) is 1.14. The number of anilines is 1. The van der Waals surface area contributed by atoms with Crippen LogP contribution in [0.25, 0.3) is 21.1 Å². The molecule has 0 radical (unpaired) electrons. The SMILES string of the molecule is CC.O=Cc1cccc(NC(=O)c2cc3cc4cc5c(cc4nc3s2)OCO5)c1. The maximum Gasteiger partial charge on any atom is 0.265 e. The number of ether oxygens (including phenoxy) is 2. The van der Waals surface area contributed by atoms with Gasteiger partial charge in [-0.2, -0.15) is 0 Å². The number of benzene rings is 2. The first-order chi connectivity index (χ1) is 14.2. The molecule has 0 aliphatic carbocycles. The second-order valence-electron chi connectivity index (χ2n) is 6.09. The van der Waals surface area contributed by atoms with Gasteiger partial charge in [-0.1, -0.05) is 26.0 Å². The molecule has 0 bridgehead atoms. The van der Waals surface area contributed by atoms with Crippen LogP contribution in [0.3, 0.4) is 0 Å². The normalized spacial score (nSPS) is 11.8. The number of fused-ring (bicyclic) bond motifs is 3. The summed E-state index contributed by atoms with van der Waals surface area (Å²) in [6.45, 7) is 4.22. The number of aldehydes is 1. The molecule has 29 heavy (non-hydrogen) atoms. The molecule has 4 aromatic rings. The predicted molar refractivity (Wildman–Crippen MR) is 114 cm³/mol. The van der Waals surface area contributed by atoms with E-state index in [0.29, 0.717) is 27.6 Å². The van der Waals surface area contributed by atoms with Crippen molar-refractivity contribution in [2.24, 2.45) is 0 Å². The number of nitrogens with one attached hydrogen (secondary N) is 1. The zero-order chi connectivity index (χ0) is 20.4. The van der Waals surface area contributed by atoms with Gasteiger partial charge in [-0.15, -0.1) is 11.3 Å². The van der Waals surface area contributed by atoms with E-state index in [1.165, 1.54) is 11.3 Å². The molecule has 1 amide bonds. The Balaban J connectivity index is 0.000000994. The maximum atomic E-state index is 12.6. The molecule has 0 saturated heterocycles. The largest absolute Gasteiger partial charge is 0.454 e. The van der Waals surface area contributed by atoms with E-state index in [9.17, 15) is 9.59 Å². The average molecular weight is 406 g/mol. The van der Waals surface area contributed by atoms with Gasteiger partial charge in [0.05, 0.1) is 10.4 Å². The molecule has 146 valence electrons. The van der Waals surface area contributed by atoms with E-state index in [4.69, 9.17) is 9.47 Å². The smallest absolute Gasteiger partial charge is 0.265 e. The van der Waals surface area contributed by atoms with Crippen LogP contribution in [0, 0.1) is 0 Å². The van der Waals surface area contributed by atoms with Crippen molar-refractivity contribution in [3.05, 3.63) is 59.0 Å². The quantitative estimate of drug-likeness (QED) is 0.469. The predicted octanol–water partition coefficient (Wildman–Crippen LogP) is 5.27. The highest BCUT2D eigenvalue weighted by atomic mass is 32.1. The van der Waals surface area contributed by atoms with Crippen LogP contribution < -0.4 is 14.8 Å². The van der Waals surface area contributed by atoms with E-state index < -0.39 is 0 Å². The molecule has 5 rings (SSSR count). The fourth-order valence-corrected chi connectivity index (χ4v) is 3.93. The lowest BCUT2D eigenvalue weighted by atomic mass is 10.1. The van der Waals surface area contributed by atoms with Crippen LogP contribution in [-0.4, -0.2) is 24.0 Å². The molecular formula is C22H18N2O4S.